The zero-order valence-corrected chi connectivity index (χ0v) is 23.0. The molecule has 0 spiro atoms. The summed E-state index contributed by atoms with van der Waals surface area (Å²) in [7, 11) is 4.03. The van der Waals surface area contributed by atoms with Crippen LogP contribution in [0.1, 0.15) is 45.7 Å². The van der Waals surface area contributed by atoms with Gasteiger partial charge in [-0.1, -0.05) is 65.0 Å². The van der Waals surface area contributed by atoms with E-state index in [9.17, 15) is 9.59 Å². The van der Waals surface area contributed by atoms with Gasteiger partial charge in [0.15, 0.2) is 0 Å². The molecular weight excluding hydrogens is 448 g/mol. The van der Waals surface area contributed by atoms with E-state index in [1.807, 2.05) is 58.1 Å². The average Bonchev–Trinajstić information content (AvgIpc) is 3.23. The zero-order valence-electron chi connectivity index (χ0n) is 23.0. The SMILES string of the molecule is CC(C)CN(CC(=O)N(CCc1c[nH]c2ccccc12)Cc1ccc(N(C)C)cc1)C(=O)C(C)(C)C. The Morgan fingerprint density at radius 1 is 0.944 bits per heavy atom. The summed E-state index contributed by atoms with van der Waals surface area (Å²) in [6.07, 6.45) is 2.77. The van der Waals surface area contributed by atoms with Crippen LogP contribution in [0.5, 0.6) is 0 Å². The summed E-state index contributed by atoms with van der Waals surface area (Å²) in [6.45, 7) is 11.6. The summed E-state index contributed by atoms with van der Waals surface area (Å²) < 4.78 is 0. The number of nitrogens with zero attached hydrogens (tertiary/aromatic N) is 3. The summed E-state index contributed by atoms with van der Waals surface area (Å²) >= 11 is 0. The molecule has 0 aliphatic heterocycles. The third kappa shape index (κ3) is 7.12. The lowest BCUT2D eigenvalue weighted by molar-refractivity contribution is -0.146. The molecule has 36 heavy (non-hydrogen) atoms. The topological polar surface area (TPSA) is 59.7 Å². The van der Waals surface area contributed by atoms with Gasteiger partial charge in [0.25, 0.3) is 0 Å². The Morgan fingerprint density at radius 2 is 1.61 bits per heavy atom. The molecule has 194 valence electrons. The van der Waals surface area contributed by atoms with Gasteiger partial charge in [-0.2, -0.15) is 0 Å². The van der Waals surface area contributed by atoms with Crippen LogP contribution in [0.4, 0.5) is 5.69 Å². The van der Waals surface area contributed by atoms with Gasteiger partial charge in [-0.25, -0.2) is 0 Å². The summed E-state index contributed by atoms with van der Waals surface area (Å²) in [6, 6.07) is 16.5. The number of H-pyrrole nitrogens is 1. The number of amides is 2. The lowest BCUT2D eigenvalue weighted by Crippen LogP contribution is -2.48. The van der Waals surface area contributed by atoms with Crippen LogP contribution in [0.25, 0.3) is 10.9 Å². The van der Waals surface area contributed by atoms with E-state index in [-0.39, 0.29) is 24.3 Å². The lowest BCUT2D eigenvalue weighted by atomic mass is 9.94. The van der Waals surface area contributed by atoms with Crippen LogP contribution in [0.2, 0.25) is 0 Å². The van der Waals surface area contributed by atoms with Crippen LogP contribution in [-0.2, 0) is 22.6 Å². The summed E-state index contributed by atoms with van der Waals surface area (Å²) in [5.41, 5.74) is 3.95. The molecule has 0 aliphatic rings. The number of hydrogen-bond donors (Lipinski definition) is 1. The van der Waals surface area contributed by atoms with Gasteiger partial charge >= 0.3 is 0 Å². The normalized spacial score (nSPS) is 11.7. The molecule has 0 bridgehead atoms. The molecule has 0 saturated carbocycles. The van der Waals surface area contributed by atoms with Crippen LogP contribution in [0, 0.1) is 11.3 Å². The Balaban J connectivity index is 1.82. The van der Waals surface area contributed by atoms with Crippen LogP contribution in [0.15, 0.2) is 54.7 Å². The van der Waals surface area contributed by atoms with Crippen molar-refractivity contribution in [3.63, 3.8) is 0 Å². The van der Waals surface area contributed by atoms with Crippen LogP contribution in [0.3, 0.4) is 0 Å². The molecule has 0 saturated heterocycles. The number of fused-ring (bicyclic) bond motifs is 1. The Hall–Kier alpha value is -3.28. The van der Waals surface area contributed by atoms with Crippen molar-refractivity contribution in [2.24, 2.45) is 11.3 Å². The number of benzene rings is 2. The second-order valence-electron chi connectivity index (χ2n) is 11.3. The number of rotatable bonds is 10. The quantitative estimate of drug-likeness (QED) is 0.418. The van der Waals surface area contributed by atoms with Crippen molar-refractivity contribution in [3.8, 4) is 0 Å². The van der Waals surface area contributed by atoms with E-state index < -0.39 is 5.41 Å². The molecule has 1 N–H and O–H groups in total. The van der Waals surface area contributed by atoms with Crippen LogP contribution < -0.4 is 4.90 Å². The molecule has 2 amide bonds. The number of carbonyl (C=O) groups excluding carboxylic acids is 2. The van der Waals surface area contributed by atoms with E-state index in [0.717, 1.165) is 23.2 Å². The second kappa shape index (κ2) is 11.6. The first-order chi connectivity index (χ1) is 17.0. The van der Waals surface area contributed by atoms with Gasteiger partial charge < -0.3 is 19.7 Å². The average molecular weight is 491 g/mol. The van der Waals surface area contributed by atoms with E-state index in [1.165, 1.54) is 10.9 Å². The van der Waals surface area contributed by atoms with Gasteiger partial charge in [-0.3, -0.25) is 9.59 Å². The highest BCUT2D eigenvalue weighted by atomic mass is 16.2. The standard InChI is InChI=1S/C30H42N4O2/c1-22(2)19-34(29(36)30(3,4)5)21-28(35)33(20-23-12-14-25(15-13-23)32(6)7)17-16-24-18-31-27-11-9-8-10-26(24)27/h8-15,18,22,31H,16-17,19-21H2,1-7H3. The van der Waals surface area contributed by atoms with E-state index in [4.69, 9.17) is 0 Å². The van der Waals surface area contributed by atoms with Crippen molar-refractivity contribution in [2.75, 3.05) is 38.6 Å². The fourth-order valence-electron chi connectivity index (χ4n) is 4.40. The molecule has 1 heterocycles. The van der Waals surface area contributed by atoms with Gasteiger partial charge in [-0.05, 0) is 41.7 Å². The Morgan fingerprint density at radius 3 is 2.22 bits per heavy atom. The van der Waals surface area contributed by atoms with Crippen LogP contribution in [-0.4, -0.2) is 60.3 Å². The maximum absolute atomic E-state index is 13.7. The van der Waals surface area contributed by atoms with Crippen molar-refractivity contribution in [1.82, 2.24) is 14.8 Å². The third-order valence-corrected chi connectivity index (χ3v) is 6.35. The molecule has 3 rings (SSSR count). The van der Waals surface area contributed by atoms with E-state index in [1.54, 1.807) is 4.90 Å². The van der Waals surface area contributed by atoms with E-state index >= 15 is 0 Å². The molecular formula is C30H42N4O2. The Kier molecular flexibility index (Phi) is 8.83. The first-order valence-corrected chi connectivity index (χ1v) is 12.8. The van der Waals surface area contributed by atoms with Crippen molar-refractivity contribution in [3.05, 3.63) is 65.9 Å². The van der Waals surface area contributed by atoms with Gasteiger partial charge in [0, 0.05) is 61.9 Å². The van der Waals surface area contributed by atoms with Crippen molar-refractivity contribution < 1.29 is 9.59 Å². The van der Waals surface area contributed by atoms with Crippen molar-refractivity contribution in [2.45, 2.75) is 47.6 Å². The molecule has 0 radical (unpaired) electrons. The number of hydrogen-bond acceptors (Lipinski definition) is 3. The second-order valence-corrected chi connectivity index (χ2v) is 11.3. The first-order valence-electron chi connectivity index (χ1n) is 12.8. The van der Waals surface area contributed by atoms with E-state index in [2.05, 4.69) is 60.1 Å². The molecule has 6 nitrogen and oxygen atoms in total. The van der Waals surface area contributed by atoms with Gasteiger partial charge in [0.2, 0.25) is 11.8 Å². The van der Waals surface area contributed by atoms with Gasteiger partial charge in [0.1, 0.15) is 0 Å². The largest absolute Gasteiger partial charge is 0.378 e. The minimum atomic E-state index is -0.536. The van der Waals surface area contributed by atoms with Gasteiger partial charge in [0.05, 0.1) is 6.54 Å². The van der Waals surface area contributed by atoms with Crippen molar-refractivity contribution >= 4 is 28.4 Å². The molecule has 0 atom stereocenters. The molecule has 0 aliphatic carbocycles. The maximum atomic E-state index is 13.7. The number of carbonyl (C=O) groups is 2. The minimum absolute atomic E-state index is 0.0106. The molecule has 1 aromatic heterocycles. The molecule has 2 aromatic carbocycles. The predicted molar refractivity (Wildman–Crippen MR) is 149 cm³/mol. The molecule has 3 aromatic rings. The minimum Gasteiger partial charge on any atom is -0.378 e. The lowest BCUT2D eigenvalue weighted by Gasteiger charge is -2.32. The fraction of sp³-hybridized carbons (Fsp3) is 0.467. The number of nitrogens with one attached hydrogen (secondary N) is 1. The number of anilines is 1. The highest BCUT2D eigenvalue weighted by Crippen LogP contribution is 2.21. The maximum Gasteiger partial charge on any atom is 0.242 e. The summed E-state index contributed by atoms with van der Waals surface area (Å²) in [4.78, 5) is 35.9. The smallest absolute Gasteiger partial charge is 0.242 e. The number of para-hydroxylation sites is 1. The van der Waals surface area contributed by atoms with Gasteiger partial charge in [-0.15, -0.1) is 0 Å². The number of aromatic nitrogens is 1. The van der Waals surface area contributed by atoms with Crippen molar-refractivity contribution in [1.29, 1.82) is 0 Å². The number of aromatic amines is 1. The Labute approximate surface area is 216 Å². The monoisotopic (exact) mass is 490 g/mol. The molecule has 0 unspecified atom stereocenters. The predicted octanol–water partition coefficient (Wildman–Crippen LogP) is 5.34. The van der Waals surface area contributed by atoms with E-state index in [0.29, 0.717) is 19.6 Å². The third-order valence-electron chi connectivity index (χ3n) is 6.35. The first kappa shape index (κ1) is 27.3. The molecule has 0 fully saturated rings. The van der Waals surface area contributed by atoms with Crippen LogP contribution >= 0.6 is 0 Å². The zero-order chi connectivity index (χ0) is 26.5. The highest BCUT2D eigenvalue weighted by Gasteiger charge is 2.30. The molecule has 6 heteroatoms. The summed E-state index contributed by atoms with van der Waals surface area (Å²) in [5.74, 6) is 0.267. The highest BCUT2D eigenvalue weighted by molar-refractivity contribution is 5.87. The Bertz CT molecular complexity index is 1160. The summed E-state index contributed by atoms with van der Waals surface area (Å²) in [5, 5.41) is 1.18. The fourth-order valence-corrected chi connectivity index (χ4v) is 4.40.